The molecule has 4 rings (SSSR count). The minimum atomic E-state index is -2.29. The van der Waals surface area contributed by atoms with Crippen molar-refractivity contribution in [1.82, 2.24) is 4.90 Å². The summed E-state index contributed by atoms with van der Waals surface area (Å²) in [5, 5.41) is 32.1. The number of rotatable bonds is 7. The van der Waals surface area contributed by atoms with Gasteiger partial charge in [-0.05, 0) is 37.1 Å². The molecule has 10 heteroatoms. The minimum absolute atomic E-state index is 0.134. The molecule has 2 aliphatic heterocycles. The topological polar surface area (TPSA) is 147 Å². The largest absolute Gasteiger partial charge is 0.459 e. The number of hydrogen-bond donors (Lipinski definition) is 2. The normalized spacial score (nSPS) is 25.4. The molecule has 178 valence electrons. The van der Waals surface area contributed by atoms with Gasteiger partial charge in [-0.3, -0.25) is 19.7 Å². The van der Waals surface area contributed by atoms with Crippen molar-refractivity contribution in [1.29, 1.82) is 0 Å². The van der Waals surface area contributed by atoms with Gasteiger partial charge in [0.2, 0.25) is 11.4 Å². The number of nitro benzene ring substituents is 1. The van der Waals surface area contributed by atoms with Crippen LogP contribution in [0.2, 0.25) is 0 Å². The summed E-state index contributed by atoms with van der Waals surface area (Å²) in [5.41, 5.74) is -0.831. The number of ether oxygens (including phenoxy) is 1. The van der Waals surface area contributed by atoms with E-state index in [2.05, 4.69) is 0 Å². The van der Waals surface area contributed by atoms with Crippen LogP contribution in [-0.2, 0) is 25.7 Å². The van der Waals surface area contributed by atoms with Crippen LogP contribution >= 0.6 is 0 Å². The molecular weight excluding hydrogens is 444 g/mol. The molecule has 2 aromatic rings. The lowest BCUT2D eigenvalue weighted by Gasteiger charge is -2.50. The standard InChI is InChI=1S/C24H24N2O8/c1-13-3-7-16(8-4-13)21(29)24(19(28)11-18-20(14(2)27)22(30)25(18)24)23(31)34-12-15-5-9-17(10-6-15)26(32)33/h3-10,14,18,20-21,27,29H,11-12H2,1-2H3/t14-,18-,20-,21-,24-/m1/s1. The van der Waals surface area contributed by atoms with Crippen molar-refractivity contribution in [2.75, 3.05) is 0 Å². The number of β-lactam (4-membered cyclic amide) rings is 1. The van der Waals surface area contributed by atoms with E-state index < -0.39 is 52.3 Å². The molecule has 2 N–H and O–H groups in total. The van der Waals surface area contributed by atoms with Gasteiger partial charge in [0.05, 0.1) is 23.0 Å². The third-order valence-electron chi connectivity index (χ3n) is 6.61. The average molecular weight is 468 g/mol. The maximum Gasteiger partial charge on any atom is 0.343 e. The Balaban J connectivity index is 1.67. The Morgan fingerprint density at radius 2 is 1.79 bits per heavy atom. The highest BCUT2D eigenvalue weighted by Crippen LogP contribution is 2.50. The van der Waals surface area contributed by atoms with Crippen LogP contribution in [0, 0.1) is 23.0 Å². The van der Waals surface area contributed by atoms with E-state index in [1.54, 1.807) is 24.3 Å². The maximum atomic E-state index is 13.5. The third-order valence-corrected chi connectivity index (χ3v) is 6.61. The number of nitro groups is 1. The summed E-state index contributed by atoms with van der Waals surface area (Å²) in [6.45, 7) is 2.96. The number of aliphatic hydroxyl groups is 2. The van der Waals surface area contributed by atoms with Crippen LogP contribution in [0.1, 0.15) is 36.1 Å². The Labute approximate surface area is 194 Å². The molecule has 2 saturated heterocycles. The number of amides is 1. The number of aliphatic hydroxyl groups excluding tert-OH is 2. The van der Waals surface area contributed by atoms with E-state index in [1.807, 2.05) is 6.92 Å². The van der Waals surface area contributed by atoms with Gasteiger partial charge in [0.25, 0.3) is 5.69 Å². The average Bonchev–Trinajstić information content (AvgIpc) is 3.06. The highest BCUT2D eigenvalue weighted by atomic mass is 16.6. The second-order valence-corrected chi connectivity index (χ2v) is 8.75. The van der Waals surface area contributed by atoms with Crippen LogP contribution in [0.3, 0.4) is 0 Å². The molecule has 2 aliphatic rings. The predicted octanol–water partition coefficient (Wildman–Crippen LogP) is 1.60. The Morgan fingerprint density at radius 3 is 2.35 bits per heavy atom. The van der Waals surface area contributed by atoms with Gasteiger partial charge in [-0.2, -0.15) is 0 Å². The van der Waals surface area contributed by atoms with Crippen molar-refractivity contribution in [3.05, 3.63) is 75.3 Å². The van der Waals surface area contributed by atoms with Crippen LogP contribution < -0.4 is 0 Å². The molecule has 0 aliphatic carbocycles. The van der Waals surface area contributed by atoms with Crippen LogP contribution in [0.5, 0.6) is 0 Å². The van der Waals surface area contributed by atoms with E-state index in [4.69, 9.17) is 4.74 Å². The van der Waals surface area contributed by atoms with Crippen molar-refractivity contribution in [3.63, 3.8) is 0 Å². The number of aryl methyl sites for hydroxylation is 1. The summed E-state index contributed by atoms with van der Waals surface area (Å²) in [6, 6.07) is 11.2. The quantitative estimate of drug-likeness (QED) is 0.205. The first-order chi connectivity index (χ1) is 16.1. The second kappa shape index (κ2) is 8.62. The van der Waals surface area contributed by atoms with E-state index in [-0.39, 0.29) is 24.3 Å². The fourth-order valence-electron chi connectivity index (χ4n) is 4.80. The van der Waals surface area contributed by atoms with Gasteiger partial charge in [0.15, 0.2) is 5.78 Å². The summed E-state index contributed by atoms with van der Waals surface area (Å²) in [6.07, 6.45) is -2.91. The fraction of sp³-hybridized carbons (Fsp3) is 0.375. The van der Waals surface area contributed by atoms with Crippen molar-refractivity contribution in [3.8, 4) is 0 Å². The van der Waals surface area contributed by atoms with E-state index in [0.29, 0.717) is 5.56 Å². The number of carbonyl (C=O) groups excluding carboxylic acids is 3. The molecule has 10 nitrogen and oxygen atoms in total. The van der Waals surface area contributed by atoms with E-state index in [1.165, 1.54) is 31.2 Å². The lowest BCUT2D eigenvalue weighted by molar-refractivity contribution is -0.384. The third kappa shape index (κ3) is 3.55. The lowest BCUT2D eigenvalue weighted by atomic mass is 9.80. The minimum Gasteiger partial charge on any atom is -0.459 e. The Hall–Kier alpha value is -3.63. The molecule has 2 fully saturated rings. The number of carbonyl (C=O) groups is 3. The SMILES string of the molecule is Cc1ccc([C@@H](O)[C@@]2(C(=O)OCc3ccc([N+](=O)[O-])cc3)C(=O)C[C@@H]3[C@@H]([C@@H](C)O)C(=O)N32)cc1. The van der Waals surface area contributed by atoms with Gasteiger partial charge >= 0.3 is 5.97 Å². The number of fused-ring (bicyclic) bond motifs is 1. The number of esters is 1. The van der Waals surface area contributed by atoms with Gasteiger partial charge < -0.3 is 19.8 Å². The number of Topliss-reactive ketones (excluding diaryl/α,β-unsaturated/α-hetero) is 1. The summed E-state index contributed by atoms with van der Waals surface area (Å²) in [4.78, 5) is 51.0. The molecule has 2 aromatic carbocycles. The number of hydrogen-bond acceptors (Lipinski definition) is 8. The lowest BCUT2D eigenvalue weighted by Crippen LogP contribution is -2.72. The van der Waals surface area contributed by atoms with E-state index in [9.17, 15) is 34.7 Å². The Bertz CT molecular complexity index is 1140. The zero-order valence-corrected chi connectivity index (χ0v) is 18.6. The molecule has 0 radical (unpaired) electrons. The van der Waals surface area contributed by atoms with E-state index in [0.717, 1.165) is 10.5 Å². The molecule has 34 heavy (non-hydrogen) atoms. The Kier molecular flexibility index (Phi) is 5.96. The molecule has 5 atom stereocenters. The van der Waals surface area contributed by atoms with E-state index >= 15 is 0 Å². The van der Waals surface area contributed by atoms with Crippen molar-refractivity contribution in [2.45, 2.75) is 50.7 Å². The number of ketones is 1. The number of non-ortho nitro benzene ring substituents is 1. The van der Waals surface area contributed by atoms with Crippen molar-refractivity contribution in [2.24, 2.45) is 5.92 Å². The molecule has 0 bridgehead atoms. The zero-order chi connectivity index (χ0) is 24.8. The Morgan fingerprint density at radius 1 is 1.18 bits per heavy atom. The smallest absolute Gasteiger partial charge is 0.343 e. The first-order valence-electron chi connectivity index (χ1n) is 10.8. The van der Waals surface area contributed by atoms with Gasteiger partial charge in [0, 0.05) is 18.6 Å². The van der Waals surface area contributed by atoms with Gasteiger partial charge in [-0.1, -0.05) is 29.8 Å². The summed E-state index contributed by atoms with van der Waals surface area (Å²) < 4.78 is 5.40. The van der Waals surface area contributed by atoms with Gasteiger partial charge in [-0.15, -0.1) is 0 Å². The van der Waals surface area contributed by atoms with Crippen LogP contribution in [0.15, 0.2) is 48.5 Å². The first kappa shape index (κ1) is 23.5. The fourth-order valence-corrected chi connectivity index (χ4v) is 4.80. The van der Waals surface area contributed by atoms with Crippen molar-refractivity contribution >= 4 is 23.3 Å². The molecule has 1 amide bonds. The number of benzene rings is 2. The van der Waals surface area contributed by atoms with Crippen LogP contribution in [0.25, 0.3) is 0 Å². The predicted molar refractivity (Wildman–Crippen MR) is 117 cm³/mol. The number of nitrogens with zero attached hydrogens (tertiary/aromatic N) is 2. The highest BCUT2D eigenvalue weighted by Gasteiger charge is 2.72. The summed E-state index contributed by atoms with van der Waals surface area (Å²) in [7, 11) is 0. The van der Waals surface area contributed by atoms with Gasteiger partial charge in [0.1, 0.15) is 12.7 Å². The summed E-state index contributed by atoms with van der Waals surface area (Å²) >= 11 is 0. The van der Waals surface area contributed by atoms with Crippen LogP contribution in [-0.4, -0.2) is 55.4 Å². The molecule has 0 saturated carbocycles. The second-order valence-electron chi connectivity index (χ2n) is 8.75. The molecular formula is C24H24N2O8. The molecule has 0 spiro atoms. The first-order valence-corrected chi connectivity index (χ1v) is 10.8. The maximum absolute atomic E-state index is 13.5. The highest BCUT2D eigenvalue weighted by molar-refractivity contribution is 6.16. The summed E-state index contributed by atoms with van der Waals surface area (Å²) in [5.74, 6) is -3.22. The van der Waals surface area contributed by atoms with Crippen molar-refractivity contribution < 1.29 is 34.3 Å². The monoisotopic (exact) mass is 468 g/mol. The van der Waals surface area contributed by atoms with Crippen LogP contribution in [0.4, 0.5) is 5.69 Å². The molecule has 0 unspecified atom stereocenters. The zero-order valence-electron chi connectivity index (χ0n) is 18.6. The molecule has 2 heterocycles. The molecule has 0 aromatic heterocycles. The van der Waals surface area contributed by atoms with Gasteiger partial charge in [-0.25, -0.2) is 4.79 Å².